The Morgan fingerprint density at radius 2 is 2.00 bits per heavy atom. The lowest BCUT2D eigenvalue weighted by atomic mass is 10.0. The van der Waals surface area contributed by atoms with Gasteiger partial charge in [-0.1, -0.05) is 0 Å². The molecule has 0 bridgehead atoms. The van der Waals surface area contributed by atoms with E-state index in [1.165, 1.54) is 41.4 Å². The van der Waals surface area contributed by atoms with E-state index in [4.69, 9.17) is 4.98 Å². The monoisotopic (exact) mass is 345 g/mol. The summed E-state index contributed by atoms with van der Waals surface area (Å²) >= 11 is 0. The number of nitrogens with zero attached hydrogens (tertiary/aromatic N) is 4. The van der Waals surface area contributed by atoms with E-state index >= 15 is 0 Å². The van der Waals surface area contributed by atoms with Gasteiger partial charge in [0, 0.05) is 25.8 Å². The van der Waals surface area contributed by atoms with Crippen LogP contribution in [0.15, 0.2) is 0 Å². The molecule has 2 fully saturated rings. The van der Waals surface area contributed by atoms with Gasteiger partial charge in [-0.25, -0.2) is 9.78 Å². The molecule has 0 unspecified atom stereocenters. The summed E-state index contributed by atoms with van der Waals surface area (Å²) in [6.07, 6.45) is 7.94. The summed E-state index contributed by atoms with van der Waals surface area (Å²) in [4.78, 5) is 32.1. The Morgan fingerprint density at radius 3 is 2.76 bits per heavy atom. The summed E-state index contributed by atoms with van der Waals surface area (Å²) in [5.41, 5.74) is 2.72. The van der Waals surface area contributed by atoms with Crippen molar-refractivity contribution in [2.45, 2.75) is 51.0 Å². The molecular formula is C18H27N5O2. The number of rotatable bonds is 5. The van der Waals surface area contributed by atoms with Crippen molar-refractivity contribution < 1.29 is 9.59 Å². The van der Waals surface area contributed by atoms with Gasteiger partial charge in [-0.3, -0.25) is 14.6 Å². The predicted molar refractivity (Wildman–Crippen MR) is 93.1 cm³/mol. The van der Waals surface area contributed by atoms with Crippen LogP contribution < -0.4 is 5.32 Å². The SMILES string of the molecule is Cn1c([C@@H]2CCCN2CCCN2C(=O)CNC2=O)nc2c1CCCC2. The minimum absolute atomic E-state index is 0.111. The Labute approximate surface area is 148 Å². The van der Waals surface area contributed by atoms with Crippen molar-refractivity contribution in [2.75, 3.05) is 26.2 Å². The fraction of sp³-hybridized carbons (Fsp3) is 0.722. The Hall–Kier alpha value is -1.89. The zero-order chi connectivity index (χ0) is 17.4. The number of hydrogen-bond acceptors (Lipinski definition) is 4. The molecular weight excluding hydrogens is 318 g/mol. The third-order valence-electron chi connectivity index (χ3n) is 5.83. The van der Waals surface area contributed by atoms with Crippen LogP contribution in [0.3, 0.4) is 0 Å². The average molecular weight is 345 g/mol. The lowest BCUT2D eigenvalue weighted by Gasteiger charge is -2.25. The molecule has 25 heavy (non-hydrogen) atoms. The van der Waals surface area contributed by atoms with Crippen molar-refractivity contribution in [1.29, 1.82) is 0 Å². The van der Waals surface area contributed by atoms with E-state index in [2.05, 4.69) is 21.8 Å². The first-order valence-electron chi connectivity index (χ1n) is 9.52. The van der Waals surface area contributed by atoms with Crippen LogP contribution in [0.4, 0.5) is 4.79 Å². The Balaban J connectivity index is 1.40. The number of imidazole rings is 1. The number of aryl methyl sites for hydroxylation is 1. The average Bonchev–Trinajstić information content (AvgIpc) is 3.29. The van der Waals surface area contributed by atoms with E-state index < -0.39 is 0 Å². The van der Waals surface area contributed by atoms with Gasteiger partial charge in [-0.2, -0.15) is 0 Å². The molecule has 7 heteroatoms. The third-order valence-corrected chi connectivity index (χ3v) is 5.83. The Bertz CT molecular complexity index is 667. The second kappa shape index (κ2) is 6.78. The van der Waals surface area contributed by atoms with Crippen molar-refractivity contribution in [3.63, 3.8) is 0 Å². The highest BCUT2D eigenvalue weighted by Crippen LogP contribution is 2.33. The fourth-order valence-corrected chi connectivity index (χ4v) is 4.50. The minimum atomic E-state index is -0.250. The highest BCUT2D eigenvalue weighted by Gasteiger charge is 2.32. The second-order valence-corrected chi connectivity index (χ2v) is 7.38. The van der Waals surface area contributed by atoms with E-state index in [1.54, 1.807) is 0 Å². The van der Waals surface area contributed by atoms with Crippen molar-refractivity contribution in [3.8, 4) is 0 Å². The summed E-state index contributed by atoms with van der Waals surface area (Å²) in [5.74, 6) is 1.10. The molecule has 3 aliphatic rings. The van der Waals surface area contributed by atoms with Crippen molar-refractivity contribution in [1.82, 2.24) is 24.7 Å². The molecule has 1 atom stereocenters. The minimum Gasteiger partial charge on any atom is -0.334 e. The van der Waals surface area contributed by atoms with Gasteiger partial charge in [0.15, 0.2) is 0 Å². The van der Waals surface area contributed by atoms with E-state index in [1.807, 2.05) is 0 Å². The first kappa shape index (κ1) is 16.6. The number of urea groups is 1. The van der Waals surface area contributed by atoms with Gasteiger partial charge in [0.1, 0.15) is 5.82 Å². The first-order valence-corrected chi connectivity index (χ1v) is 9.52. The zero-order valence-electron chi connectivity index (χ0n) is 15.0. The highest BCUT2D eigenvalue weighted by atomic mass is 16.2. The van der Waals surface area contributed by atoms with Gasteiger partial charge in [0.2, 0.25) is 5.91 Å². The maximum atomic E-state index is 11.7. The quantitative estimate of drug-likeness (QED) is 0.819. The first-order chi connectivity index (χ1) is 12.1. The van der Waals surface area contributed by atoms with Crippen LogP contribution in [0.1, 0.15) is 55.4 Å². The molecule has 3 heterocycles. The molecule has 1 N–H and O–H groups in total. The lowest BCUT2D eigenvalue weighted by Crippen LogP contribution is -2.34. The molecule has 4 rings (SSSR count). The highest BCUT2D eigenvalue weighted by molar-refractivity contribution is 6.01. The van der Waals surface area contributed by atoms with E-state index in [0.717, 1.165) is 38.8 Å². The molecule has 0 saturated carbocycles. The Kier molecular flexibility index (Phi) is 4.50. The van der Waals surface area contributed by atoms with Crippen molar-refractivity contribution in [3.05, 3.63) is 17.2 Å². The summed E-state index contributed by atoms with van der Waals surface area (Å²) in [5, 5.41) is 2.58. The van der Waals surface area contributed by atoms with Gasteiger partial charge in [-0.05, 0) is 51.5 Å². The van der Waals surface area contributed by atoms with E-state index in [0.29, 0.717) is 12.6 Å². The molecule has 2 aliphatic heterocycles. The third kappa shape index (κ3) is 3.05. The molecule has 1 aliphatic carbocycles. The summed E-state index contributed by atoms with van der Waals surface area (Å²) < 4.78 is 2.33. The molecule has 3 amide bonds. The number of fused-ring (bicyclic) bond motifs is 1. The molecule has 0 spiro atoms. The van der Waals surface area contributed by atoms with Crippen LogP contribution in [-0.2, 0) is 24.7 Å². The summed E-state index contributed by atoms with van der Waals surface area (Å²) in [6, 6.07) is 0.124. The number of aromatic nitrogens is 2. The van der Waals surface area contributed by atoms with Gasteiger partial charge >= 0.3 is 6.03 Å². The smallest absolute Gasteiger partial charge is 0.324 e. The van der Waals surface area contributed by atoms with Crippen LogP contribution in [0.5, 0.6) is 0 Å². The maximum absolute atomic E-state index is 11.7. The molecule has 1 aromatic rings. The van der Waals surface area contributed by atoms with Crippen molar-refractivity contribution >= 4 is 11.9 Å². The van der Waals surface area contributed by atoms with Crippen LogP contribution in [0, 0.1) is 0 Å². The van der Waals surface area contributed by atoms with Crippen LogP contribution >= 0.6 is 0 Å². The normalized spacial score (nSPS) is 24.0. The lowest BCUT2D eigenvalue weighted by molar-refractivity contribution is -0.125. The van der Waals surface area contributed by atoms with Crippen LogP contribution in [-0.4, -0.2) is 57.5 Å². The number of nitrogens with one attached hydrogen (secondary N) is 1. The predicted octanol–water partition coefficient (Wildman–Crippen LogP) is 1.38. The van der Waals surface area contributed by atoms with Crippen molar-refractivity contribution in [2.24, 2.45) is 7.05 Å². The number of amides is 3. The molecule has 0 aromatic carbocycles. The molecule has 7 nitrogen and oxygen atoms in total. The topological polar surface area (TPSA) is 70.5 Å². The number of carbonyl (C=O) groups is 2. The Morgan fingerprint density at radius 1 is 1.16 bits per heavy atom. The summed E-state index contributed by atoms with van der Waals surface area (Å²) in [6.45, 7) is 2.62. The number of carbonyl (C=O) groups excluding carboxylic acids is 2. The van der Waals surface area contributed by atoms with E-state index in [9.17, 15) is 9.59 Å². The molecule has 0 radical (unpaired) electrons. The summed E-state index contributed by atoms with van der Waals surface area (Å²) in [7, 11) is 2.16. The zero-order valence-corrected chi connectivity index (χ0v) is 15.0. The fourth-order valence-electron chi connectivity index (χ4n) is 4.50. The second-order valence-electron chi connectivity index (χ2n) is 7.38. The largest absolute Gasteiger partial charge is 0.334 e. The van der Waals surface area contributed by atoms with Crippen LogP contribution in [0.2, 0.25) is 0 Å². The van der Waals surface area contributed by atoms with Gasteiger partial charge < -0.3 is 9.88 Å². The maximum Gasteiger partial charge on any atom is 0.324 e. The molecule has 136 valence electrons. The van der Waals surface area contributed by atoms with Gasteiger partial charge in [0.05, 0.1) is 18.3 Å². The van der Waals surface area contributed by atoms with Gasteiger partial charge in [-0.15, -0.1) is 0 Å². The standard InChI is InChI=1S/C18H27N5O2/c1-21-14-7-3-2-6-13(14)20-17(21)15-8-4-9-22(15)10-5-11-23-16(24)12-19-18(23)25/h15H,2-12H2,1H3,(H,19,25)/t15-/m0/s1. The molecule has 2 saturated heterocycles. The molecule has 1 aromatic heterocycles. The van der Waals surface area contributed by atoms with Crippen LogP contribution in [0.25, 0.3) is 0 Å². The van der Waals surface area contributed by atoms with Gasteiger partial charge in [0.25, 0.3) is 0 Å². The van der Waals surface area contributed by atoms with E-state index in [-0.39, 0.29) is 18.5 Å². The number of hydrogen-bond donors (Lipinski definition) is 1. The number of likely N-dealkylation sites (tertiary alicyclic amines) is 1. The number of imide groups is 1.